The highest BCUT2D eigenvalue weighted by molar-refractivity contribution is 5.89. The predicted molar refractivity (Wildman–Crippen MR) is 39.7 cm³/mol. The van der Waals surface area contributed by atoms with Crippen LogP contribution in [0.5, 0.6) is 0 Å². The smallest absolute Gasteiger partial charge is 0.152 e. The molecule has 10 heavy (non-hydrogen) atoms. The Balaban J connectivity index is 3.95. The third-order valence-electron chi connectivity index (χ3n) is 0.977. The summed E-state index contributed by atoms with van der Waals surface area (Å²) in [5.41, 5.74) is 0.833. The molecule has 0 atom stereocenters. The van der Waals surface area contributed by atoms with Gasteiger partial charge in [-0.25, -0.2) is 0 Å². The molecule has 0 aromatic rings. The van der Waals surface area contributed by atoms with Gasteiger partial charge in [0.15, 0.2) is 5.78 Å². The van der Waals surface area contributed by atoms with Crippen LogP contribution in [0, 0.1) is 0 Å². The molecule has 0 heterocycles. The Kier molecular flexibility index (Phi) is 3.62. The lowest BCUT2D eigenvalue weighted by molar-refractivity contribution is -0.116. The SMILES string of the molecule is CC(=O)/C=C(/C)CC(C)=O. The molecule has 0 N–H and O–H groups in total. The van der Waals surface area contributed by atoms with Crippen molar-refractivity contribution in [3.8, 4) is 0 Å². The normalized spacial score (nSPS) is 11.3. The van der Waals surface area contributed by atoms with Crippen LogP contribution in [0.1, 0.15) is 27.2 Å². The fraction of sp³-hybridized carbons (Fsp3) is 0.500. The topological polar surface area (TPSA) is 34.1 Å². The largest absolute Gasteiger partial charge is 0.300 e. The van der Waals surface area contributed by atoms with Crippen molar-refractivity contribution in [3.05, 3.63) is 11.6 Å². The first-order chi connectivity index (χ1) is 4.52. The Morgan fingerprint density at radius 2 is 1.70 bits per heavy atom. The standard InChI is InChI=1S/C8H12O2/c1-6(4-7(2)9)5-8(3)10/h4H,5H2,1-3H3/b6-4-. The van der Waals surface area contributed by atoms with E-state index in [0.29, 0.717) is 6.42 Å². The van der Waals surface area contributed by atoms with Crippen molar-refractivity contribution < 1.29 is 9.59 Å². The van der Waals surface area contributed by atoms with Crippen molar-refractivity contribution in [1.82, 2.24) is 0 Å². The van der Waals surface area contributed by atoms with Gasteiger partial charge in [-0.05, 0) is 26.8 Å². The molecule has 0 unspecified atom stereocenters. The molecular formula is C8H12O2. The van der Waals surface area contributed by atoms with Crippen LogP contribution in [0.3, 0.4) is 0 Å². The lowest BCUT2D eigenvalue weighted by Gasteiger charge is -1.92. The maximum atomic E-state index is 10.5. The number of hydrogen-bond donors (Lipinski definition) is 0. The number of ketones is 2. The molecule has 2 heteroatoms. The maximum Gasteiger partial charge on any atom is 0.152 e. The van der Waals surface area contributed by atoms with Gasteiger partial charge in [-0.15, -0.1) is 0 Å². The fourth-order valence-corrected chi connectivity index (χ4v) is 0.791. The summed E-state index contributed by atoms with van der Waals surface area (Å²) in [5.74, 6) is 0.0914. The minimum absolute atomic E-state index is 0.00116. The molecule has 2 nitrogen and oxygen atoms in total. The summed E-state index contributed by atoms with van der Waals surface area (Å²) in [6, 6.07) is 0. The fourth-order valence-electron chi connectivity index (χ4n) is 0.791. The number of allylic oxidation sites excluding steroid dienone is 2. The van der Waals surface area contributed by atoms with E-state index in [9.17, 15) is 9.59 Å². The monoisotopic (exact) mass is 140 g/mol. The Bertz CT molecular complexity index is 178. The molecule has 0 fully saturated rings. The highest BCUT2D eigenvalue weighted by atomic mass is 16.1. The van der Waals surface area contributed by atoms with E-state index >= 15 is 0 Å². The molecule has 0 aromatic carbocycles. The van der Waals surface area contributed by atoms with Crippen molar-refractivity contribution >= 4 is 11.6 Å². The van der Waals surface area contributed by atoms with Crippen LogP contribution in [-0.4, -0.2) is 11.6 Å². The minimum atomic E-state index is -0.00116. The molecule has 0 saturated heterocycles. The molecule has 0 bridgehead atoms. The average molecular weight is 140 g/mol. The Morgan fingerprint density at radius 1 is 1.20 bits per heavy atom. The van der Waals surface area contributed by atoms with Crippen LogP contribution < -0.4 is 0 Å². The summed E-state index contributed by atoms with van der Waals surface area (Å²) in [7, 11) is 0. The van der Waals surface area contributed by atoms with E-state index in [1.165, 1.54) is 19.9 Å². The van der Waals surface area contributed by atoms with Gasteiger partial charge in [0.2, 0.25) is 0 Å². The Morgan fingerprint density at radius 3 is 2.00 bits per heavy atom. The van der Waals surface area contributed by atoms with Crippen LogP contribution in [0.2, 0.25) is 0 Å². The van der Waals surface area contributed by atoms with Gasteiger partial charge in [0, 0.05) is 6.42 Å². The van der Waals surface area contributed by atoms with E-state index in [0.717, 1.165) is 5.57 Å². The third-order valence-corrected chi connectivity index (χ3v) is 0.977. The molecule has 0 saturated carbocycles. The molecule has 0 aliphatic carbocycles. The van der Waals surface area contributed by atoms with Gasteiger partial charge in [0.25, 0.3) is 0 Å². The predicted octanol–water partition coefficient (Wildman–Crippen LogP) is 1.50. The van der Waals surface area contributed by atoms with E-state index < -0.39 is 0 Å². The molecule has 0 radical (unpaired) electrons. The van der Waals surface area contributed by atoms with Gasteiger partial charge in [-0.3, -0.25) is 9.59 Å². The van der Waals surface area contributed by atoms with Gasteiger partial charge in [0.05, 0.1) is 0 Å². The Hall–Kier alpha value is -0.920. The second-order valence-electron chi connectivity index (χ2n) is 2.48. The van der Waals surface area contributed by atoms with E-state index in [-0.39, 0.29) is 11.6 Å². The molecule has 56 valence electrons. The lowest BCUT2D eigenvalue weighted by Crippen LogP contribution is -1.92. The second-order valence-corrected chi connectivity index (χ2v) is 2.48. The number of carbonyl (C=O) groups excluding carboxylic acids is 2. The zero-order valence-electron chi connectivity index (χ0n) is 6.60. The van der Waals surface area contributed by atoms with Crippen LogP contribution >= 0.6 is 0 Å². The maximum absolute atomic E-state index is 10.5. The van der Waals surface area contributed by atoms with Crippen LogP contribution in [0.4, 0.5) is 0 Å². The second kappa shape index (κ2) is 3.99. The zero-order chi connectivity index (χ0) is 8.15. The third kappa shape index (κ3) is 5.22. The van der Waals surface area contributed by atoms with Crippen molar-refractivity contribution in [2.45, 2.75) is 27.2 Å². The summed E-state index contributed by atoms with van der Waals surface area (Å²) in [5, 5.41) is 0. The first kappa shape index (κ1) is 9.08. The summed E-state index contributed by atoms with van der Waals surface area (Å²) >= 11 is 0. The summed E-state index contributed by atoms with van der Waals surface area (Å²) in [6.07, 6.45) is 1.88. The first-order valence-electron chi connectivity index (χ1n) is 3.19. The molecule has 0 spiro atoms. The number of Topliss-reactive ketones (excluding diaryl/α,β-unsaturated/α-hetero) is 1. The summed E-state index contributed by atoms with van der Waals surface area (Å²) in [4.78, 5) is 20.9. The minimum Gasteiger partial charge on any atom is -0.300 e. The molecule has 0 aromatic heterocycles. The van der Waals surface area contributed by atoms with Crippen LogP contribution in [0.15, 0.2) is 11.6 Å². The number of hydrogen-bond acceptors (Lipinski definition) is 2. The quantitative estimate of drug-likeness (QED) is 0.557. The van der Waals surface area contributed by atoms with E-state index in [2.05, 4.69) is 0 Å². The number of carbonyl (C=O) groups is 2. The molecule has 0 aliphatic heterocycles. The molecule has 0 aliphatic rings. The molecular weight excluding hydrogens is 128 g/mol. The highest BCUT2D eigenvalue weighted by Crippen LogP contribution is 1.99. The summed E-state index contributed by atoms with van der Waals surface area (Å²) in [6.45, 7) is 4.77. The first-order valence-corrected chi connectivity index (χ1v) is 3.19. The van der Waals surface area contributed by atoms with Crippen LogP contribution in [0.25, 0.3) is 0 Å². The van der Waals surface area contributed by atoms with Crippen molar-refractivity contribution in [2.24, 2.45) is 0 Å². The number of rotatable bonds is 3. The van der Waals surface area contributed by atoms with E-state index in [4.69, 9.17) is 0 Å². The molecule has 0 rings (SSSR count). The van der Waals surface area contributed by atoms with Crippen LogP contribution in [-0.2, 0) is 9.59 Å². The molecule has 0 amide bonds. The highest BCUT2D eigenvalue weighted by Gasteiger charge is 1.95. The van der Waals surface area contributed by atoms with Gasteiger partial charge in [-0.1, -0.05) is 5.57 Å². The Labute approximate surface area is 60.9 Å². The van der Waals surface area contributed by atoms with Crippen molar-refractivity contribution in [1.29, 1.82) is 0 Å². The van der Waals surface area contributed by atoms with Gasteiger partial charge < -0.3 is 0 Å². The average Bonchev–Trinajstić information content (AvgIpc) is 1.58. The van der Waals surface area contributed by atoms with Gasteiger partial charge >= 0.3 is 0 Å². The van der Waals surface area contributed by atoms with Gasteiger partial charge in [-0.2, -0.15) is 0 Å². The summed E-state index contributed by atoms with van der Waals surface area (Å²) < 4.78 is 0. The van der Waals surface area contributed by atoms with Gasteiger partial charge in [0.1, 0.15) is 5.78 Å². The zero-order valence-corrected chi connectivity index (χ0v) is 6.60. The van der Waals surface area contributed by atoms with E-state index in [1.54, 1.807) is 6.92 Å². The lowest BCUT2D eigenvalue weighted by atomic mass is 10.1. The van der Waals surface area contributed by atoms with Crippen molar-refractivity contribution in [2.75, 3.05) is 0 Å². The van der Waals surface area contributed by atoms with E-state index in [1.807, 2.05) is 0 Å². The van der Waals surface area contributed by atoms with Crippen molar-refractivity contribution in [3.63, 3.8) is 0 Å².